The number of aliphatic hydroxyl groups is 1. The molecule has 0 aliphatic heterocycles. The van der Waals surface area contributed by atoms with E-state index >= 15 is 0 Å². The molecule has 1 heterocycles. The molecule has 2 amide bonds. The van der Waals surface area contributed by atoms with Crippen LogP contribution in [0.4, 0.5) is 18.9 Å². The number of nitrogens with one attached hydrogen (secondary N) is 2. The Morgan fingerprint density at radius 2 is 1.93 bits per heavy atom. The zero-order valence-corrected chi connectivity index (χ0v) is 15.4. The minimum atomic E-state index is -4.79. The van der Waals surface area contributed by atoms with E-state index in [1.54, 1.807) is 0 Å². The number of hydrogen-bond donors (Lipinski definition) is 3. The number of thioether (sulfide) groups is 1. The summed E-state index contributed by atoms with van der Waals surface area (Å²) in [7, 11) is 1.48. The number of nitrogens with zero attached hydrogens (tertiary/aromatic N) is 2. The van der Waals surface area contributed by atoms with Gasteiger partial charge in [-0.25, -0.2) is 4.98 Å². The smallest absolute Gasteiger partial charge is 0.406 e. The summed E-state index contributed by atoms with van der Waals surface area (Å²) >= 11 is 1.05. The second-order valence-corrected chi connectivity index (χ2v) is 6.30. The van der Waals surface area contributed by atoms with Gasteiger partial charge >= 0.3 is 6.36 Å². The Hall–Kier alpha value is -2.73. The Balaban J connectivity index is 1.94. The molecule has 0 spiro atoms. The predicted octanol–water partition coefficient (Wildman–Crippen LogP) is 1.75. The molecule has 2 rings (SSSR count). The van der Waals surface area contributed by atoms with E-state index in [-0.39, 0.29) is 24.8 Å². The average molecular weight is 418 g/mol. The summed E-state index contributed by atoms with van der Waals surface area (Å²) < 4.78 is 41.6. The van der Waals surface area contributed by atoms with Crippen molar-refractivity contribution >= 4 is 29.3 Å². The van der Waals surface area contributed by atoms with Crippen LogP contribution >= 0.6 is 11.8 Å². The van der Waals surface area contributed by atoms with Crippen molar-refractivity contribution < 1.29 is 32.6 Å². The minimum absolute atomic E-state index is 0.0585. The van der Waals surface area contributed by atoms with E-state index in [1.807, 2.05) is 0 Å². The van der Waals surface area contributed by atoms with Gasteiger partial charge in [-0.1, -0.05) is 11.8 Å². The fraction of sp³-hybridized carbons (Fsp3) is 0.312. The topological polar surface area (TPSA) is 105 Å². The number of ether oxygens (including phenoxy) is 1. The van der Waals surface area contributed by atoms with E-state index in [0.29, 0.717) is 16.5 Å². The summed E-state index contributed by atoms with van der Waals surface area (Å²) in [6, 6.07) is 4.72. The molecule has 2 aromatic rings. The molecule has 8 nitrogen and oxygen atoms in total. The number of hydrogen-bond acceptors (Lipinski definition) is 6. The molecule has 0 unspecified atom stereocenters. The summed E-state index contributed by atoms with van der Waals surface area (Å²) in [6.07, 6.45) is -3.38. The zero-order valence-electron chi connectivity index (χ0n) is 14.6. The van der Waals surface area contributed by atoms with Crippen molar-refractivity contribution in [2.45, 2.75) is 24.7 Å². The first-order valence-corrected chi connectivity index (χ1v) is 8.84. The third kappa shape index (κ3) is 6.46. The van der Waals surface area contributed by atoms with Crippen LogP contribution in [0, 0.1) is 0 Å². The Morgan fingerprint density at radius 1 is 1.25 bits per heavy atom. The fourth-order valence-electron chi connectivity index (χ4n) is 2.09. The van der Waals surface area contributed by atoms with Crippen molar-refractivity contribution in [1.82, 2.24) is 14.9 Å². The van der Waals surface area contributed by atoms with Gasteiger partial charge in [0.05, 0.1) is 24.3 Å². The fourth-order valence-corrected chi connectivity index (χ4v) is 2.89. The third-order valence-electron chi connectivity index (χ3n) is 3.35. The standard InChI is InChI=1S/C16H17F3N4O4S/c1-20-13(25)7-23-11(8-24)6-21-15(23)28-9-14(26)22-10-2-4-12(5-3-10)27-16(17,18)19/h2-6,24H,7-9H2,1H3,(H,20,25)(H,22,26). The van der Waals surface area contributed by atoms with E-state index in [2.05, 4.69) is 20.4 Å². The Labute approximate surface area is 162 Å². The molecule has 0 saturated carbocycles. The van der Waals surface area contributed by atoms with E-state index in [1.165, 1.54) is 29.9 Å². The van der Waals surface area contributed by atoms with Gasteiger partial charge in [0.15, 0.2) is 5.16 Å². The molecule has 1 aromatic heterocycles. The van der Waals surface area contributed by atoms with E-state index in [4.69, 9.17) is 0 Å². The molecule has 3 N–H and O–H groups in total. The van der Waals surface area contributed by atoms with Crippen molar-refractivity contribution in [2.75, 3.05) is 18.1 Å². The number of anilines is 1. The molecular weight excluding hydrogens is 401 g/mol. The van der Waals surface area contributed by atoms with Crippen LogP contribution in [0.25, 0.3) is 0 Å². The number of imidazole rings is 1. The second-order valence-electron chi connectivity index (χ2n) is 5.36. The van der Waals surface area contributed by atoms with E-state index < -0.39 is 18.0 Å². The Bertz CT molecular complexity index is 824. The maximum atomic E-state index is 12.1. The van der Waals surface area contributed by atoms with Crippen molar-refractivity contribution in [3.8, 4) is 5.75 Å². The molecule has 0 radical (unpaired) electrons. The maximum absolute atomic E-state index is 12.1. The lowest BCUT2D eigenvalue weighted by Gasteiger charge is -2.11. The third-order valence-corrected chi connectivity index (χ3v) is 4.34. The van der Waals surface area contributed by atoms with Gasteiger partial charge in [0, 0.05) is 12.7 Å². The molecule has 0 aliphatic carbocycles. The van der Waals surface area contributed by atoms with Crippen molar-refractivity contribution in [1.29, 1.82) is 0 Å². The summed E-state index contributed by atoms with van der Waals surface area (Å²) in [6.45, 7) is -0.375. The molecule has 0 fully saturated rings. The van der Waals surface area contributed by atoms with E-state index in [9.17, 15) is 27.9 Å². The molecule has 1 aromatic carbocycles. The number of aromatic nitrogens is 2. The molecular formula is C16H17F3N4O4S. The highest BCUT2D eigenvalue weighted by Crippen LogP contribution is 2.24. The van der Waals surface area contributed by atoms with Crippen LogP contribution in [-0.2, 0) is 22.7 Å². The van der Waals surface area contributed by atoms with Gasteiger partial charge in [-0.2, -0.15) is 0 Å². The highest BCUT2D eigenvalue weighted by molar-refractivity contribution is 7.99. The molecule has 0 atom stereocenters. The number of amides is 2. The van der Waals surface area contributed by atoms with Crippen LogP contribution in [0.1, 0.15) is 5.69 Å². The minimum Gasteiger partial charge on any atom is -0.406 e. The number of aliphatic hydroxyl groups excluding tert-OH is 1. The predicted molar refractivity (Wildman–Crippen MR) is 94.7 cm³/mol. The second kappa shape index (κ2) is 9.46. The molecule has 28 heavy (non-hydrogen) atoms. The lowest BCUT2D eigenvalue weighted by atomic mass is 10.3. The molecule has 0 bridgehead atoms. The van der Waals surface area contributed by atoms with Gasteiger partial charge < -0.3 is 25.0 Å². The van der Waals surface area contributed by atoms with Crippen LogP contribution in [-0.4, -0.2) is 45.6 Å². The number of carbonyl (C=O) groups excluding carboxylic acids is 2. The molecule has 152 valence electrons. The first-order valence-electron chi connectivity index (χ1n) is 7.86. The van der Waals surface area contributed by atoms with Crippen molar-refractivity contribution in [3.63, 3.8) is 0 Å². The zero-order chi connectivity index (χ0) is 20.7. The van der Waals surface area contributed by atoms with E-state index in [0.717, 1.165) is 23.9 Å². The highest BCUT2D eigenvalue weighted by Gasteiger charge is 2.30. The number of benzene rings is 1. The Morgan fingerprint density at radius 3 is 2.50 bits per heavy atom. The van der Waals surface area contributed by atoms with Crippen LogP contribution < -0.4 is 15.4 Å². The number of rotatable bonds is 8. The molecule has 0 saturated heterocycles. The number of halogens is 3. The lowest BCUT2D eigenvalue weighted by molar-refractivity contribution is -0.274. The average Bonchev–Trinajstić information content (AvgIpc) is 3.02. The maximum Gasteiger partial charge on any atom is 0.573 e. The van der Waals surface area contributed by atoms with Crippen molar-refractivity contribution in [2.24, 2.45) is 0 Å². The van der Waals surface area contributed by atoms with Gasteiger partial charge in [-0.05, 0) is 24.3 Å². The van der Waals surface area contributed by atoms with Gasteiger partial charge in [-0.3, -0.25) is 9.59 Å². The van der Waals surface area contributed by atoms with Gasteiger partial charge in [0.2, 0.25) is 11.8 Å². The highest BCUT2D eigenvalue weighted by atomic mass is 32.2. The largest absolute Gasteiger partial charge is 0.573 e. The quantitative estimate of drug-likeness (QED) is 0.564. The summed E-state index contributed by atoms with van der Waals surface area (Å²) in [5.41, 5.74) is 0.719. The van der Waals surface area contributed by atoms with Crippen LogP contribution in [0.5, 0.6) is 5.75 Å². The summed E-state index contributed by atoms with van der Waals surface area (Å²) in [5.74, 6) is -1.17. The van der Waals surface area contributed by atoms with Gasteiger partial charge in [0.25, 0.3) is 0 Å². The first-order chi connectivity index (χ1) is 13.2. The lowest BCUT2D eigenvalue weighted by Crippen LogP contribution is -2.25. The van der Waals surface area contributed by atoms with Gasteiger partial charge in [-0.15, -0.1) is 13.2 Å². The number of carbonyl (C=O) groups is 2. The monoisotopic (exact) mass is 418 g/mol. The van der Waals surface area contributed by atoms with Gasteiger partial charge in [0.1, 0.15) is 12.3 Å². The van der Waals surface area contributed by atoms with Crippen molar-refractivity contribution in [3.05, 3.63) is 36.2 Å². The Kier molecular flexibility index (Phi) is 7.29. The first kappa shape index (κ1) is 21.6. The summed E-state index contributed by atoms with van der Waals surface area (Å²) in [5, 5.41) is 14.7. The van der Waals surface area contributed by atoms with Crippen LogP contribution in [0.2, 0.25) is 0 Å². The molecule has 0 aliphatic rings. The molecule has 12 heteroatoms. The number of alkyl halides is 3. The van der Waals surface area contributed by atoms with Crippen LogP contribution in [0.15, 0.2) is 35.6 Å². The normalized spacial score (nSPS) is 11.2. The summed E-state index contributed by atoms with van der Waals surface area (Å²) in [4.78, 5) is 27.7. The SMILES string of the molecule is CNC(=O)Cn1c(CO)cnc1SCC(=O)Nc1ccc(OC(F)(F)F)cc1. The number of likely N-dealkylation sites (N-methyl/N-ethyl adjacent to an activating group) is 1. The van der Waals surface area contributed by atoms with Crippen LogP contribution in [0.3, 0.4) is 0 Å².